The average molecular weight is 262 g/mol. The number of nitrogens with zero attached hydrogens (tertiary/aromatic N) is 3. The number of carbonyl (C=O) groups excluding carboxylic acids is 1. The summed E-state index contributed by atoms with van der Waals surface area (Å²) in [6, 6.07) is 2.12. The second-order valence-electron chi connectivity index (χ2n) is 4.63. The van der Waals surface area contributed by atoms with Crippen molar-refractivity contribution >= 4 is 5.91 Å². The quantitative estimate of drug-likeness (QED) is 0.815. The molecule has 0 saturated carbocycles. The molecule has 0 aliphatic rings. The SMILES string of the molecule is CCCNC(=O)CCc1c(C)nn(CCC#N)c1C. The molecule has 1 aromatic heterocycles. The standard InChI is InChI=1S/C14H22N4O/c1-4-9-16-14(19)7-6-13-11(2)17-18(12(13)3)10-5-8-15/h4-7,9-10H2,1-3H3,(H,16,19). The molecule has 0 radical (unpaired) electrons. The minimum Gasteiger partial charge on any atom is -0.356 e. The van der Waals surface area contributed by atoms with E-state index in [4.69, 9.17) is 5.26 Å². The zero-order valence-corrected chi connectivity index (χ0v) is 12.0. The van der Waals surface area contributed by atoms with Crippen LogP contribution in [0.1, 0.15) is 43.1 Å². The second-order valence-corrected chi connectivity index (χ2v) is 4.63. The van der Waals surface area contributed by atoms with E-state index in [0.717, 1.165) is 29.9 Å². The van der Waals surface area contributed by atoms with Crippen LogP contribution in [0.15, 0.2) is 0 Å². The van der Waals surface area contributed by atoms with Crippen molar-refractivity contribution in [3.8, 4) is 6.07 Å². The maximum atomic E-state index is 11.6. The molecule has 5 nitrogen and oxygen atoms in total. The van der Waals surface area contributed by atoms with Crippen LogP contribution in [0.4, 0.5) is 0 Å². The minimum absolute atomic E-state index is 0.0884. The Morgan fingerprint density at radius 2 is 2.21 bits per heavy atom. The first-order valence-electron chi connectivity index (χ1n) is 6.76. The molecule has 0 unspecified atom stereocenters. The number of hydrogen-bond acceptors (Lipinski definition) is 3. The van der Waals surface area contributed by atoms with Crippen LogP contribution in [-0.2, 0) is 17.8 Å². The normalized spacial score (nSPS) is 10.2. The van der Waals surface area contributed by atoms with E-state index in [9.17, 15) is 4.79 Å². The Hall–Kier alpha value is -1.83. The molecule has 0 aliphatic carbocycles. The molecule has 1 amide bonds. The lowest BCUT2D eigenvalue weighted by Gasteiger charge is -2.05. The van der Waals surface area contributed by atoms with Crippen molar-refractivity contribution in [3.05, 3.63) is 17.0 Å². The van der Waals surface area contributed by atoms with E-state index in [2.05, 4.69) is 16.5 Å². The number of carbonyl (C=O) groups is 1. The van der Waals surface area contributed by atoms with Crippen molar-refractivity contribution in [2.24, 2.45) is 0 Å². The molecule has 1 heterocycles. The molecular weight excluding hydrogens is 240 g/mol. The number of nitrogens with one attached hydrogen (secondary N) is 1. The molecule has 0 bridgehead atoms. The van der Waals surface area contributed by atoms with Gasteiger partial charge in [-0.05, 0) is 32.3 Å². The van der Waals surface area contributed by atoms with Crippen LogP contribution in [-0.4, -0.2) is 22.2 Å². The Morgan fingerprint density at radius 1 is 1.47 bits per heavy atom. The lowest BCUT2D eigenvalue weighted by atomic mass is 10.1. The Kier molecular flexibility index (Phi) is 6.07. The number of amides is 1. The Labute approximate surface area is 114 Å². The maximum Gasteiger partial charge on any atom is 0.220 e. The van der Waals surface area contributed by atoms with E-state index in [0.29, 0.717) is 25.8 Å². The molecule has 1 rings (SSSR count). The first-order chi connectivity index (χ1) is 9.10. The third kappa shape index (κ3) is 4.40. The highest BCUT2D eigenvalue weighted by atomic mass is 16.1. The molecule has 104 valence electrons. The topological polar surface area (TPSA) is 70.7 Å². The molecule has 0 aliphatic heterocycles. The summed E-state index contributed by atoms with van der Waals surface area (Å²) in [5.41, 5.74) is 3.15. The van der Waals surface area contributed by atoms with Gasteiger partial charge in [-0.2, -0.15) is 10.4 Å². The molecule has 0 spiro atoms. The van der Waals surface area contributed by atoms with Crippen molar-refractivity contribution in [1.82, 2.24) is 15.1 Å². The van der Waals surface area contributed by atoms with Crippen molar-refractivity contribution in [3.63, 3.8) is 0 Å². The molecule has 1 aromatic rings. The molecule has 0 atom stereocenters. The van der Waals surface area contributed by atoms with Crippen molar-refractivity contribution < 1.29 is 4.79 Å². The zero-order valence-electron chi connectivity index (χ0n) is 12.0. The number of aromatic nitrogens is 2. The second kappa shape index (κ2) is 7.57. The summed E-state index contributed by atoms with van der Waals surface area (Å²) >= 11 is 0. The van der Waals surface area contributed by atoms with Gasteiger partial charge in [0.2, 0.25) is 5.91 Å². The molecule has 19 heavy (non-hydrogen) atoms. The van der Waals surface area contributed by atoms with Crippen LogP contribution >= 0.6 is 0 Å². The van der Waals surface area contributed by atoms with Gasteiger partial charge < -0.3 is 5.32 Å². The van der Waals surface area contributed by atoms with Crippen LogP contribution in [0.2, 0.25) is 0 Å². The van der Waals surface area contributed by atoms with Gasteiger partial charge in [0.05, 0.1) is 24.7 Å². The number of rotatable bonds is 7. The summed E-state index contributed by atoms with van der Waals surface area (Å²) < 4.78 is 1.86. The van der Waals surface area contributed by atoms with E-state index in [-0.39, 0.29) is 5.91 Å². The predicted octanol–water partition coefficient (Wildman–Crippen LogP) is 1.87. The van der Waals surface area contributed by atoms with Crippen molar-refractivity contribution in [2.75, 3.05) is 6.54 Å². The summed E-state index contributed by atoms with van der Waals surface area (Å²) in [5, 5.41) is 15.9. The fraction of sp³-hybridized carbons (Fsp3) is 0.643. The highest BCUT2D eigenvalue weighted by molar-refractivity contribution is 5.76. The highest BCUT2D eigenvalue weighted by Gasteiger charge is 2.12. The van der Waals surface area contributed by atoms with Gasteiger partial charge in [0.1, 0.15) is 0 Å². The van der Waals surface area contributed by atoms with E-state index >= 15 is 0 Å². The Bertz CT molecular complexity index is 471. The van der Waals surface area contributed by atoms with Crippen molar-refractivity contribution in [1.29, 1.82) is 5.26 Å². The van der Waals surface area contributed by atoms with Gasteiger partial charge in [-0.25, -0.2) is 0 Å². The highest BCUT2D eigenvalue weighted by Crippen LogP contribution is 2.15. The third-order valence-corrected chi connectivity index (χ3v) is 3.14. The minimum atomic E-state index is 0.0884. The van der Waals surface area contributed by atoms with Gasteiger partial charge in [0.25, 0.3) is 0 Å². The van der Waals surface area contributed by atoms with E-state index in [1.807, 2.05) is 25.5 Å². The molecule has 5 heteroatoms. The van der Waals surface area contributed by atoms with Gasteiger partial charge in [-0.1, -0.05) is 6.92 Å². The van der Waals surface area contributed by atoms with Crippen LogP contribution in [0, 0.1) is 25.2 Å². The third-order valence-electron chi connectivity index (χ3n) is 3.14. The summed E-state index contributed by atoms with van der Waals surface area (Å²) in [4.78, 5) is 11.6. The number of hydrogen-bond donors (Lipinski definition) is 1. The molecule has 0 fully saturated rings. The Balaban J connectivity index is 2.61. The van der Waals surface area contributed by atoms with Crippen LogP contribution < -0.4 is 5.32 Å². The van der Waals surface area contributed by atoms with E-state index < -0.39 is 0 Å². The first kappa shape index (κ1) is 15.2. The van der Waals surface area contributed by atoms with Crippen LogP contribution in [0.25, 0.3) is 0 Å². The summed E-state index contributed by atoms with van der Waals surface area (Å²) in [6.07, 6.45) is 2.61. The van der Waals surface area contributed by atoms with E-state index in [1.165, 1.54) is 0 Å². The largest absolute Gasteiger partial charge is 0.356 e. The first-order valence-corrected chi connectivity index (χ1v) is 6.76. The van der Waals surface area contributed by atoms with Gasteiger partial charge >= 0.3 is 0 Å². The molecule has 0 aromatic carbocycles. The number of nitriles is 1. The lowest BCUT2D eigenvalue weighted by molar-refractivity contribution is -0.121. The zero-order chi connectivity index (χ0) is 14.3. The summed E-state index contributed by atoms with van der Waals surface area (Å²) in [6.45, 7) is 7.34. The van der Waals surface area contributed by atoms with Gasteiger partial charge in [-0.3, -0.25) is 9.48 Å². The lowest BCUT2D eigenvalue weighted by Crippen LogP contribution is -2.24. The van der Waals surface area contributed by atoms with Crippen LogP contribution in [0.3, 0.4) is 0 Å². The maximum absolute atomic E-state index is 11.6. The van der Waals surface area contributed by atoms with Crippen LogP contribution in [0.5, 0.6) is 0 Å². The smallest absolute Gasteiger partial charge is 0.220 e. The van der Waals surface area contributed by atoms with Gasteiger partial charge in [0.15, 0.2) is 0 Å². The molecule has 1 N–H and O–H groups in total. The summed E-state index contributed by atoms with van der Waals surface area (Å²) in [7, 11) is 0. The Morgan fingerprint density at radius 3 is 2.84 bits per heavy atom. The monoisotopic (exact) mass is 262 g/mol. The van der Waals surface area contributed by atoms with Gasteiger partial charge in [-0.15, -0.1) is 0 Å². The molecule has 0 saturated heterocycles. The van der Waals surface area contributed by atoms with E-state index in [1.54, 1.807) is 0 Å². The number of aryl methyl sites for hydroxylation is 2. The summed E-state index contributed by atoms with van der Waals surface area (Å²) in [5.74, 6) is 0.0884. The average Bonchev–Trinajstić information content (AvgIpc) is 2.66. The van der Waals surface area contributed by atoms with Crippen molar-refractivity contribution in [2.45, 2.75) is 53.0 Å². The predicted molar refractivity (Wildman–Crippen MR) is 73.6 cm³/mol. The fourth-order valence-corrected chi connectivity index (χ4v) is 2.06. The molecular formula is C14H22N4O. The van der Waals surface area contributed by atoms with Gasteiger partial charge in [0, 0.05) is 18.7 Å². The fourth-order valence-electron chi connectivity index (χ4n) is 2.06.